The van der Waals surface area contributed by atoms with Crippen molar-refractivity contribution in [3.05, 3.63) is 94.5 Å². The fraction of sp³-hybridized carbons (Fsp3) is 0.0870. The minimum atomic E-state index is -0.368. The number of nitrogens with zero attached hydrogens (tertiary/aromatic N) is 4. The first-order chi connectivity index (χ1) is 15.6. The van der Waals surface area contributed by atoms with Crippen molar-refractivity contribution in [3.8, 4) is 11.4 Å². The molecule has 0 saturated carbocycles. The molecule has 8 nitrogen and oxygen atoms in total. The Morgan fingerprint density at radius 3 is 2.41 bits per heavy atom. The summed E-state index contributed by atoms with van der Waals surface area (Å²) in [4.78, 5) is 26.4. The third kappa shape index (κ3) is 5.44. The van der Waals surface area contributed by atoms with Gasteiger partial charge in [0.25, 0.3) is 5.91 Å². The Labute approximate surface area is 192 Å². The van der Waals surface area contributed by atoms with E-state index in [1.54, 1.807) is 24.3 Å². The first-order valence-corrected chi connectivity index (χ1v) is 10.6. The van der Waals surface area contributed by atoms with E-state index >= 15 is 0 Å². The molecule has 4 rings (SSSR count). The van der Waals surface area contributed by atoms with E-state index in [-0.39, 0.29) is 18.4 Å². The number of nitrogens with one attached hydrogen (secondary N) is 2. The quantitative estimate of drug-likeness (QED) is 0.411. The SMILES string of the molecule is O=C(Cn1nnc(-c2ccc(Br)cc2)n1)Nc1ccccc1C(=O)NCc1ccccc1. The number of amides is 2. The summed E-state index contributed by atoms with van der Waals surface area (Å²) in [7, 11) is 0. The lowest BCUT2D eigenvalue weighted by Crippen LogP contribution is -2.26. The highest BCUT2D eigenvalue weighted by atomic mass is 79.9. The van der Waals surface area contributed by atoms with Crippen LogP contribution >= 0.6 is 15.9 Å². The Morgan fingerprint density at radius 2 is 1.62 bits per heavy atom. The molecule has 160 valence electrons. The molecule has 0 spiro atoms. The summed E-state index contributed by atoms with van der Waals surface area (Å²) < 4.78 is 0.944. The van der Waals surface area contributed by atoms with Crippen molar-refractivity contribution in [2.45, 2.75) is 13.1 Å². The van der Waals surface area contributed by atoms with Gasteiger partial charge in [-0.05, 0) is 47.2 Å². The van der Waals surface area contributed by atoms with E-state index in [9.17, 15) is 9.59 Å². The zero-order valence-electron chi connectivity index (χ0n) is 16.9. The molecule has 1 heterocycles. The zero-order valence-corrected chi connectivity index (χ0v) is 18.5. The average molecular weight is 491 g/mol. The van der Waals surface area contributed by atoms with Gasteiger partial charge in [-0.1, -0.05) is 58.4 Å². The molecule has 2 N–H and O–H groups in total. The highest BCUT2D eigenvalue weighted by Gasteiger charge is 2.14. The van der Waals surface area contributed by atoms with E-state index in [1.807, 2.05) is 54.6 Å². The first-order valence-electron chi connectivity index (χ1n) is 9.83. The van der Waals surface area contributed by atoms with Gasteiger partial charge in [0.1, 0.15) is 6.54 Å². The van der Waals surface area contributed by atoms with Crippen LogP contribution in [0.1, 0.15) is 15.9 Å². The fourth-order valence-electron chi connectivity index (χ4n) is 3.01. The minimum absolute atomic E-state index is 0.135. The summed E-state index contributed by atoms with van der Waals surface area (Å²) in [5.74, 6) is -0.222. The average Bonchev–Trinajstić information content (AvgIpc) is 3.27. The molecule has 0 radical (unpaired) electrons. The highest BCUT2D eigenvalue weighted by molar-refractivity contribution is 9.10. The number of benzene rings is 3. The third-order valence-corrected chi connectivity index (χ3v) is 5.11. The number of carbonyl (C=O) groups is 2. The molecule has 0 aliphatic heterocycles. The van der Waals surface area contributed by atoms with Crippen molar-refractivity contribution in [2.75, 3.05) is 5.32 Å². The number of rotatable bonds is 7. The van der Waals surface area contributed by atoms with Gasteiger partial charge < -0.3 is 10.6 Å². The molecule has 0 fully saturated rings. The van der Waals surface area contributed by atoms with Crippen molar-refractivity contribution < 1.29 is 9.59 Å². The maximum atomic E-state index is 12.7. The van der Waals surface area contributed by atoms with Crippen LogP contribution in [0.25, 0.3) is 11.4 Å². The van der Waals surface area contributed by atoms with Gasteiger partial charge in [0.15, 0.2) is 0 Å². The molecule has 32 heavy (non-hydrogen) atoms. The lowest BCUT2D eigenvalue weighted by atomic mass is 10.1. The summed E-state index contributed by atoms with van der Waals surface area (Å²) >= 11 is 3.38. The fourth-order valence-corrected chi connectivity index (χ4v) is 3.27. The summed E-state index contributed by atoms with van der Waals surface area (Å²) in [6, 6.07) is 23.9. The lowest BCUT2D eigenvalue weighted by molar-refractivity contribution is -0.117. The van der Waals surface area contributed by atoms with Gasteiger partial charge in [0, 0.05) is 16.6 Å². The molecular formula is C23H19BrN6O2. The molecular weight excluding hydrogens is 472 g/mol. The summed E-state index contributed by atoms with van der Waals surface area (Å²) in [5, 5.41) is 17.8. The Morgan fingerprint density at radius 1 is 0.906 bits per heavy atom. The number of anilines is 1. The van der Waals surface area contributed by atoms with Crippen LogP contribution in [0.5, 0.6) is 0 Å². The summed E-state index contributed by atoms with van der Waals surface area (Å²) in [6.45, 7) is 0.257. The molecule has 9 heteroatoms. The van der Waals surface area contributed by atoms with E-state index in [1.165, 1.54) is 4.80 Å². The van der Waals surface area contributed by atoms with Crippen molar-refractivity contribution in [1.82, 2.24) is 25.5 Å². The smallest absolute Gasteiger partial charge is 0.253 e. The molecule has 0 aliphatic rings. The second kappa shape index (κ2) is 9.97. The maximum Gasteiger partial charge on any atom is 0.253 e. The Kier molecular flexibility index (Phi) is 6.66. The molecule has 1 aromatic heterocycles. The van der Waals surface area contributed by atoms with Gasteiger partial charge in [-0.25, -0.2) is 0 Å². The van der Waals surface area contributed by atoms with Gasteiger partial charge in [-0.2, -0.15) is 4.80 Å². The Balaban J connectivity index is 1.39. The van der Waals surface area contributed by atoms with E-state index in [0.717, 1.165) is 15.6 Å². The molecule has 4 aromatic rings. The number of para-hydroxylation sites is 1. The van der Waals surface area contributed by atoms with Crippen LogP contribution in [0.2, 0.25) is 0 Å². The van der Waals surface area contributed by atoms with Crippen LogP contribution in [0.3, 0.4) is 0 Å². The zero-order chi connectivity index (χ0) is 22.3. The molecule has 0 bridgehead atoms. The number of halogens is 1. The van der Waals surface area contributed by atoms with Crippen molar-refractivity contribution in [2.24, 2.45) is 0 Å². The van der Waals surface area contributed by atoms with E-state index in [2.05, 4.69) is 42.0 Å². The van der Waals surface area contributed by atoms with Crippen LogP contribution in [0.4, 0.5) is 5.69 Å². The minimum Gasteiger partial charge on any atom is -0.348 e. The number of hydrogen-bond acceptors (Lipinski definition) is 5. The van der Waals surface area contributed by atoms with Crippen molar-refractivity contribution in [3.63, 3.8) is 0 Å². The molecule has 2 amide bonds. The largest absolute Gasteiger partial charge is 0.348 e. The predicted molar refractivity (Wildman–Crippen MR) is 124 cm³/mol. The molecule has 0 atom stereocenters. The van der Waals surface area contributed by atoms with Gasteiger partial charge in [-0.15, -0.1) is 10.2 Å². The summed E-state index contributed by atoms with van der Waals surface area (Å²) in [5.41, 5.74) is 2.57. The van der Waals surface area contributed by atoms with Gasteiger partial charge in [-0.3, -0.25) is 9.59 Å². The highest BCUT2D eigenvalue weighted by Crippen LogP contribution is 2.18. The van der Waals surface area contributed by atoms with E-state index in [4.69, 9.17) is 0 Å². The first kappa shape index (κ1) is 21.4. The number of aromatic nitrogens is 4. The second-order valence-electron chi connectivity index (χ2n) is 6.91. The monoisotopic (exact) mass is 490 g/mol. The Bertz CT molecular complexity index is 1220. The van der Waals surface area contributed by atoms with E-state index < -0.39 is 0 Å². The normalized spacial score (nSPS) is 10.5. The van der Waals surface area contributed by atoms with Gasteiger partial charge in [0.05, 0.1) is 11.3 Å². The second-order valence-corrected chi connectivity index (χ2v) is 7.83. The van der Waals surface area contributed by atoms with E-state index in [0.29, 0.717) is 23.6 Å². The standard InChI is InChI=1S/C23H19BrN6O2/c24-18-12-10-17(11-13-18)22-27-29-30(28-22)15-21(31)26-20-9-5-4-8-19(20)23(32)25-14-16-6-2-1-3-7-16/h1-13H,14-15H2,(H,25,32)(H,26,31). The maximum absolute atomic E-state index is 12.7. The van der Waals surface area contributed by atoms with Crippen LogP contribution in [0.15, 0.2) is 83.3 Å². The van der Waals surface area contributed by atoms with Gasteiger partial charge in [0.2, 0.25) is 11.7 Å². The van der Waals surface area contributed by atoms with Crippen LogP contribution in [0, 0.1) is 0 Å². The van der Waals surface area contributed by atoms with Crippen LogP contribution in [-0.4, -0.2) is 32.0 Å². The lowest BCUT2D eigenvalue weighted by Gasteiger charge is -2.11. The molecule has 3 aromatic carbocycles. The molecule has 0 aliphatic carbocycles. The van der Waals surface area contributed by atoms with Gasteiger partial charge >= 0.3 is 0 Å². The number of hydrogen-bond donors (Lipinski definition) is 2. The van der Waals surface area contributed by atoms with Crippen LogP contribution in [-0.2, 0) is 17.9 Å². The Hall–Kier alpha value is -3.85. The van der Waals surface area contributed by atoms with Crippen LogP contribution < -0.4 is 10.6 Å². The number of tetrazole rings is 1. The third-order valence-electron chi connectivity index (χ3n) is 4.58. The molecule has 0 saturated heterocycles. The number of carbonyl (C=O) groups excluding carboxylic acids is 2. The van der Waals surface area contributed by atoms with Crippen molar-refractivity contribution in [1.29, 1.82) is 0 Å². The summed E-state index contributed by atoms with van der Waals surface area (Å²) in [6.07, 6.45) is 0. The van der Waals surface area contributed by atoms with Crippen molar-refractivity contribution >= 4 is 33.4 Å². The molecule has 0 unspecified atom stereocenters. The topological polar surface area (TPSA) is 102 Å². The predicted octanol–water partition coefficient (Wildman–Crippen LogP) is 3.67.